The van der Waals surface area contributed by atoms with E-state index >= 15 is 0 Å². The van der Waals surface area contributed by atoms with Gasteiger partial charge < -0.3 is 10.8 Å². The van der Waals surface area contributed by atoms with E-state index < -0.39 is 17.6 Å². The van der Waals surface area contributed by atoms with Gasteiger partial charge in [0.25, 0.3) is 0 Å². The highest BCUT2D eigenvalue weighted by Crippen LogP contribution is 2.34. The normalized spacial score (nSPS) is 11.0. The number of benzene rings is 3. The molecule has 0 saturated heterocycles. The Morgan fingerprint density at radius 3 is 2.31 bits per heavy atom. The van der Waals surface area contributed by atoms with Gasteiger partial charge >= 0.3 is 5.97 Å². The largest absolute Gasteiger partial charge is 0.478 e. The van der Waals surface area contributed by atoms with E-state index in [4.69, 9.17) is 17.3 Å². The van der Waals surface area contributed by atoms with Gasteiger partial charge in [0.05, 0.1) is 22.5 Å². The molecular weight excluding hydrogens is 398 g/mol. The minimum Gasteiger partial charge on any atom is -0.478 e. The summed E-state index contributed by atoms with van der Waals surface area (Å²) in [6, 6.07) is 14.7. The Morgan fingerprint density at radius 2 is 1.66 bits per heavy atom. The predicted molar refractivity (Wildman–Crippen MR) is 109 cm³/mol. The minimum atomic E-state index is -1.19. The molecule has 0 spiro atoms. The first-order valence-electron chi connectivity index (χ1n) is 8.53. The molecule has 0 aliphatic heterocycles. The molecule has 3 N–H and O–H groups in total. The summed E-state index contributed by atoms with van der Waals surface area (Å²) >= 11 is 5.99. The predicted octanol–water partition coefficient (Wildman–Crippen LogP) is 5.78. The zero-order valence-corrected chi connectivity index (χ0v) is 15.5. The maximum absolute atomic E-state index is 14.0. The number of aromatic carboxylic acids is 1. The van der Waals surface area contributed by atoms with E-state index in [1.807, 2.05) is 0 Å². The summed E-state index contributed by atoms with van der Waals surface area (Å²) in [5.74, 6) is -2.52. The van der Waals surface area contributed by atoms with E-state index in [0.29, 0.717) is 32.7 Å². The third-order valence-corrected chi connectivity index (χ3v) is 4.83. The second-order valence-corrected chi connectivity index (χ2v) is 6.85. The summed E-state index contributed by atoms with van der Waals surface area (Å²) in [5, 5.41) is 10.4. The van der Waals surface area contributed by atoms with Crippen molar-refractivity contribution in [2.45, 2.75) is 0 Å². The van der Waals surface area contributed by atoms with Crippen molar-refractivity contribution >= 4 is 34.2 Å². The highest BCUT2D eigenvalue weighted by atomic mass is 35.5. The summed E-state index contributed by atoms with van der Waals surface area (Å²) < 4.78 is 27.2. The molecule has 4 aromatic rings. The molecule has 7 heteroatoms. The minimum absolute atomic E-state index is 0.00739. The Hall–Kier alpha value is -3.51. The van der Waals surface area contributed by atoms with Gasteiger partial charge in [-0.3, -0.25) is 0 Å². The topological polar surface area (TPSA) is 76.2 Å². The van der Waals surface area contributed by atoms with Gasteiger partial charge in [-0.25, -0.2) is 18.6 Å². The number of hydrogen-bond acceptors (Lipinski definition) is 3. The van der Waals surface area contributed by atoms with Gasteiger partial charge in [0, 0.05) is 27.6 Å². The van der Waals surface area contributed by atoms with Crippen LogP contribution in [0.15, 0.2) is 60.7 Å². The first-order valence-corrected chi connectivity index (χ1v) is 8.91. The van der Waals surface area contributed by atoms with Gasteiger partial charge in [-0.1, -0.05) is 35.9 Å². The van der Waals surface area contributed by atoms with Gasteiger partial charge in [-0.2, -0.15) is 0 Å². The Labute approximate surface area is 169 Å². The fourth-order valence-electron chi connectivity index (χ4n) is 3.23. The molecule has 4 nitrogen and oxygen atoms in total. The Balaban J connectivity index is 1.85. The van der Waals surface area contributed by atoms with E-state index in [9.17, 15) is 18.7 Å². The zero-order valence-electron chi connectivity index (χ0n) is 14.8. The van der Waals surface area contributed by atoms with Gasteiger partial charge in [0.1, 0.15) is 11.6 Å². The number of carboxylic acid groups (broad SMARTS) is 1. The molecule has 0 fully saturated rings. The molecule has 0 amide bonds. The molecule has 4 rings (SSSR count). The number of aromatic nitrogens is 1. The molecular formula is C22H13ClF2N2O2. The molecule has 3 aromatic carbocycles. The molecule has 1 aromatic heterocycles. The fraction of sp³-hybridized carbons (Fsp3) is 0. The van der Waals surface area contributed by atoms with Crippen molar-refractivity contribution in [3.8, 4) is 22.4 Å². The summed E-state index contributed by atoms with van der Waals surface area (Å²) in [6.45, 7) is 0. The van der Waals surface area contributed by atoms with Crippen LogP contribution in [0.5, 0.6) is 0 Å². The molecule has 0 atom stereocenters. The smallest absolute Gasteiger partial charge is 0.338 e. The molecule has 29 heavy (non-hydrogen) atoms. The SMILES string of the molecule is Nc1c(-c2ccc(-c3ccc(F)cc3F)cc2)nc2ccc(Cl)cc2c1C(=O)O. The van der Waals surface area contributed by atoms with Crippen molar-refractivity contribution in [3.05, 3.63) is 82.9 Å². The molecule has 0 unspecified atom stereocenters. The molecule has 0 saturated carbocycles. The fourth-order valence-corrected chi connectivity index (χ4v) is 3.40. The zero-order chi connectivity index (χ0) is 20.7. The van der Waals surface area contributed by atoms with Gasteiger partial charge in [0.15, 0.2) is 0 Å². The van der Waals surface area contributed by atoms with E-state index in [1.54, 1.807) is 36.4 Å². The number of carbonyl (C=O) groups is 1. The number of fused-ring (bicyclic) bond motifs is 1. The van der Waals surface area contributed by atoms with Gasteiger partial charge in [0.2, 0.25) is 0 Å². The van der Waals surface area contributed by atoms with Crippen LogP contribution in [0.1, 0.15) is 10.4 Å². The molecule has 144 valence electrons. The van der Waals surface area contributed by atoms with Crippen LogP contribution in [0, 0.1) is 11.6 Å². The average molecular weight is 411 g/mol. The summed E-state index contributed by atoms with van der Waals surface area (Å²) in [6.07, 6.45) is 0. The monoisotopic (exact) mass is 410 g/mol. The molecule has 0 bridgehead atoms. The van der Waals surface area contributed by atoms with Crippen LogP contribution in [0.25, 0.3) is 33.3 Å². The van der Waals surface area contributed by atoms with Crippen LogP contribution >= 0.6 is 11.6 Å². The second kappa shape index (κ2) is 7.14. The Kier molecular flexibility index (Phi) is 4.64. The van der Waals surface area contributed by atoms with Crippen LogP contribution in [-0.4, -0.2) is 16.1 Å². The van der Waals surface area contributed by atoms with E-state index in [0.717, 1.165) is 6.07 Å². The van der Waals surface area contributed by atoms with Crippen molar-refractivity contribution < 1.29 is 18.7 Å². The van der Waals surface area contributed by atoms with E-state index in [1.165, 1.54) is 18.2 Å². The maximum Gasteiger partial charge on any atom is 0.338 e. The standard InChI is InChI=1S/C22H13ClF2N2O2/c23-13-5-8-18-16(9-13)19(22(28)29)20(26)21(27-18)12-3-1-11(2-4-12)15-7-6-14(24)10-17(15)25/h1-10H,26H2,(H,28,29). The van der Waals surface area contributed by atoms with E-state index in [2.05, 4.69) is 4.98 Å². The lowest BCUT2D eigenvalue weighted by Crippen LogP contribution is -2.07. The number of nitrogen functional groups attached to an aromatic ring is 1. The van der Waals surface area contributed by atoms with Crippen molar-refractivity contribution in [1.29, 1.82) is 0 Å². The van der Waals surface area contributed by atoms with Crippen LogP contribution in [0.2, 0.25) is 5.02 Å². The first-order chi connectivity index (χ1) is 13.8. The van der Waals surface area contributed by atoms with Crippen LogP contribution in [0.3, 0.4) is 0 Å². The highest BCUT2D eigenvalue weighted by molar-refractivity contribution is 6.31. The summed E-state index contributed by atoms with van der Waals surface area (Å²) in [7, 11) is 0. The lowest BCUT2D eigenvalue weighted by atomic mass is 9.99. The van der Waals surface area contributed by atoms with Crippen LogP contribution < -0.4 is 5.73 Å². The Morgan fingerprint density at radius 1 is 0.966 bits per heavy atom. The Bertz CT molecular complexity index is 1270. The average Bonchev–Trinajstić information content (AvgIpc) is 2.67. The number of nitrogens with two attached hydrogens (primary N) is 1. The van der Waals surface area contributed by atoms with Gasteiger partial charge in [-0.05, 0) is 35.9 Å². The van der Waals surface area contributed by atoms with Crippen LogP contribution in [-0.2, 0) is 0 Å². The second-order valence-electron chi connectivity index (χ2n) is 6.42. The molecule has 1 heterocycles. The molecule has 0 aliphatic rings. The third kappa shape index (κ3) is 3.39. The number of anilines is 1. The maximum atomic E-state index is 14.0. The quantitative estimate of drug-likeness (QED) is 0.448. The van der Waals surface area contributed by atoms with Crippen molar-refractivity contribution in [3.63, 3.8) is 0 Å². The van der Waals surface area contributed by atoms with Crippen LogP contribution in [0.4, 0.5) is 14.5 Å². The van der Waals surface area contributed by atoms with Crippen molar-refractivity contribution in [1.82, 2.24) is 4.98 Å². The van der Waals surface area contributed by atoms with Crippen molar-refractivity contribution in [2.24, 2.45) is 0 Å². The van der Waals surface area contributed by atoms with Gasteiger partial charge in [-0.15, -0.1) is 0 Å². The number of halogens is 3. The number of carboxylic acids is 1. The molecule has 0 aliphatic carbocycles. The number of hydrogen-bond donors (Lipinski definition) is 2. The number of rotatable bonds is 3. The lowest BCUT2D eigenvalue weighted by molar-refractivity contribution is 0.0700. The summed E-state index contributed by atoms with van der Waals surface area (Å²) in [4.78, 5) is 16.3. The molecule has 0 radical (unpaired) electrons. The highest BCUT2D eigenvalue weighted by Gasteiger charge is 2.19. The first kappa shape index (κ1) is 18.8. The lowest BCUT2D eigenvalue weighted by Gasteiger charge is -2.12. The van der Waals surface area contributed by atoms with E-state index in [-0.39, 0.29) is 16.8 Å². The third-order valence-electron chi connectivity index (χ3n) is 4.60. The van der Waals surface area contributed by atoms with Crippen molar-refractivity contribution in [2.75, 3.05) is 5.73 Å². The number of nitrogens with zero attached hydrogens (tertiary/aromatic N) is 1. The number of pyridine rings is 1. The summed E-state index contributed by atoms with van der Waals surface area (Å²) in [5.41, 5.74) is 8.14.